The van der Waals surface area contributed by atoms with Crippen molar-refractivity contribution in [1.29, 1.82) is 0 Å². The van der Waals surface area contributed by atoms with E-state index in [2.05, 4.69) is 104 Å². The van der Waals surface area contributed by atoms with Crippen LogP contribution in [0.2, 0.25) is 0 Å². The highest BCUT2D eigenvalue weighted by Crippen LogP contribution is 2.43. The van der Waals surface area contributed by atoms with Crippen LogP contribution in [0.3, 0.4) is 0 Å². The zero-order valence-electron chi connectivity index (χ0n) is 53.0. The fourth-order valence-electron chi connectivity index (χ4n) is 9.57. The number of nitrogens with zero attached hydrogens (tertiary/aromatic N) is 1. The first-order chi connectivity index (χ1) is 39.0. The minimum absolute atomic E-state index is 0.0504. The largest absolute Gasteiger partial charge is 0.472 e. The lowest BCUT2D eigenvalue weighted by Crippen LogP contribution is -2.45. The molecule has 0 saturated carbocycles. The third-order valence-corrected chi connectivity index (χ3v) is 15.7. The predicted molar refractivity (Wildman–Crippen MR) is 350 cm³/mol. The van der Waals surface area contributed by atoms with Crippen LogP contribution in [-0.4, -0.2) is 73.4 Å². The fraction of sp³-hybridized carbons (Fsp3) is 0.761. The standard InChI is InChI=1S/C71H129N2O6P/c1-6-8-10-12-14-16-18-20-22-24-26-28-30-32-34-35-36-37-39-41-43-45-47-49-51-53-55-57-59-61-63-65-71(75)72-69(68-79-80(76,77)78-67-66-73(3,4)5)70(74)64-62-60-58-56-54-52-50-48-46-44-42-40-38-33-31-29-27-25-23-21-19-17-15-13-11-9-7-2/h8,10,14,16,20,22,26,28,32,34,46,48,54,56,62,64,69-70,74H,6-7,9,11-13,15,17-19,21,23-25,27,29-31,33,35-45,47,49-53,55,57-61,63,65-68H2,1-5H3,(H-,72,75,76,77)/p+1/b10-8-,16-14-,22-20-,28-26-,34-32-,48-46+,56-54+,64-62+. The summed E-state index contributed by atoms with van der Waals surface area (Å²) in [5.74, 6) is -0.191. The van der Waals surface area contributed by atoms with E-state index in [1.165, 1.54) is 199 Å². The zero-order valence-corrected chi connectivity index (χ0v) is 53.9. The maximum Gasteiger partial charge on any atom is 0.472 e. The molecule has 0 aromatic heterocycles. The van der Waals surface area contributed by atoms with E-state index < -0.39 is 20.0 Å². The van der Waals surface area contributed by atoms with Gasteiger partial charge in [-0.15, -0.1) is 0 Å². The van der Waals surface area contributed by atoms with Gasteiger partial charge in [-0.2, -0.15) is 0 Å². The van der Waals surface area contributed by atoms with E-state index in [4.69, 9.17) is 9.05 Å². The first-order valence-corrected chi connectivity index (χ1v) is 35.1. The molecule has 9 heteroatoms. The number of hydrogen-bond acceptors (Lipinski definition) is 5. The van der Waals surface area contributed by atoms with Gasteiger partial charge in [-0.05, 0) is 89.9 Å². The van der Waals surface area contributed by atoms with Gasteiger partial charge < -0.3 is 19.8 Å². The Morgan fingerprint density at radius 3 is 1.15 bits per heavy atom. The maximum absolute atomic E-state index is 13.0. The van der Waals surface area contributed by atoms with Gasteiger partial charge in [0.1, 0.15) is 13.2 Å². The summed E-state index contributed by atoms with van der Waals surface area (Å²) < 4.78 is 23.8. The van der Waals surface area contributed by atoms with Crippen LogP contribution in [0.15, 0.2) is 97.2 Å². The zero-order chi connectivity index (χ0) is 58.4. The van der Waals surface area contributed by atoms with Crippen molar-refractivity contribution in [3.8, 4) is 0 Å². The van der Waals surface area contributed by atoms with Gasteiger partial charge in [0.2, 0.25) is 5.91 Å². The lowest BCUT2D eigenvalue weighted by atomic mass is 10.0. The van der Waals surface area contributed by atoms with Crippen molar-refractivity contribution in [1.82, 2.24) is 5.32 Å². The fourth-order valence-corrected chi connectivity index (χ4v) is 10.3. The smallest absolute Gasteiger partial charge is 0.387 e. The number of rotatable bonds is 61. The SMILES string of the molecule is CC/C=C\C/C=C\C/C=C\C/C=C\C/C=C\CCCCCCCCCCCCCCCCCC(=O)NC(COP(=O)(O)OCC[N+](C)(C)C)C(O)/C=C/CC/C=C/CC/C=C/CCCCCCCCCCCCCCCCCCC. The maximum atomic E-state index is 13.0. The summed E-state index contributed by atoms with van der Waals surface area (Å²) in [5.41, 5.74) is 0. The Morgan fingerprint density at radius 2 is 0.762 bits per heavy atom. The molecule has 0 aliphatic rings. The molecule has 0 rings (SSSR count). The number of amides is 1. The number of quaternary nitrogens is 1. The molecule has 1 amide bonds. The third-order valence-electron chi connectivity index (χ3n) is 14.8. The van der Waals surface area contributed by atoms with Crippen LogP contribution < -0.4 is 5.32 Å². The van der Waals surface area contributed by atoms with Gasteiger partial charge in [0.25, 0.3) is 0 Å². The van der Waals surface area contributed by atoms with Crippen LogP contribution >= 0.6 is 7.82 Å². The summed E-state index contributed by atoms with van der Waals surface area (Å²) in [7, 11) is 1.54. The molecule has 3 N–H and O–H groups in total. The quantitative estimate of drug-likeness (QED) is 0.0243. The number of phosphoric acid groups is 1. The van der Waals surface area contributed by atoms with E-state index in [0.717, 1.165) is 77.0 Å². The molecule has 0 heterocycles. The summed E-state index contributed by atoms with van der Waals surface area (Å²) in [4.78, 5) is 23.4. The molecule has 0 aromatic carbocycles. The van der Waals surface area contributed by atoms with Crippen LogP contribution in [0.1, 0.15) is 296 Å². The number of allylic oxidation sites excluding steroid dienone is 15. The molecular formula is C71H130N2O6P+. The van der Waals surface area contributed by atoms with Gasteiger partial charge in [0.15, 0.2) is 0 Å². The minimum Gasteiger partial charge on any atom is -0.387 e. The second-order valence-electron chi connectivity index (χ2n) is 23.8. The number of likely N-dealkylation sites (N-methyl/N-ethyl adjacent to an activating group) is 1. The molecule has 464 valence electrons. The van der Waals surface area contributed by atoms with Crippen LogP contribution in [-0.2, 0) is 18.4 Å². The normalized spacial score (nSPS) is 14.3. The molecule has 80 heavy (non-hydrogen) atoms. The van der Waals surface area contributed by atoms with Crippen molar-refractivity contribution >= 4 is 13.7 Å². The first kappa shape index (κ1) is 77.4. The molecule has 3 unspecified atom stereocenters. The molecule has 0 bridgehead atoms. The second kappa shape index (κ2) is 61.0. The molecular weight excluding hydrogens is 1010 g/mol. The van der Waals surface area contributed by atoms with E-state index in [1.54, 1.807) is 6.08 Å². The highest BCUT2D eigenvalue weighted by molar-refractivity contribution is 7.47. The van der Waals surface area contributed by atoms with Crippen molar-refractivity contribution in [2.75, 3.05) is 40.9 Å². The minimum atomic E-state index is -4.37. The Balaban J connectivity index is 4.17. The Hall–Kier alpha value is -2.58. The summed E-state index contributed by atoms with van der Waals surface area (Å²) in [6.45, 7) is 4.70. The molecule has 0 aromatic rings. The average Bonchev–Trinajstić information content (AvgIpc) is 3.42. The van der Waals surface area contributed by atoms with Crippen molar-refractivity contribution in [2.24, 2.45) is 0 Å². The topological polar surface area (TPSA) is 105 Å². The number of aliphatic hydroxyl groups is 1. The van der Waals surface area contributed by atoms with Gasteiger partial charge in [0, 0.05) is 6.42 Å². The molecule has 0 aliphatic heterocycles. The lowest BCUT2D eigenvalue weighted by molar-refractivity contribution is -0.870. The van der Waals surface area contributed by atoms with Gasteiger partial charge in [-0.3, -0.25) is 13.8 Å². The van der Waals surface area contributed by atoms with E-state index in [1.807, 2.05) is 27.2 Å². The van der Waals surface area contributed by atoms with Crippen molar-refractivity contribution < 1.29 is 32.9 Å². The van der Waals surface area contributed by atoms with Gasteiger partial charge in [-0.1, -0.05) is 297 Å². The van der Waals surface area contributed by atoms with E-state index in [0.29, 0.717) is 17.4 Å². The number of carbonyl (C=O) groups excluding carboxylic acids is 1. The second-order valence-corrected chi connectivity index (χ2v) is 25.3. The van der Waals surface area contributed by atoms with Gasteiger partial charge in [0.05, 0.1) is 39.9 Å². The summed E-state index contributed by atoms with van der Waals surface area (Å²) in [5, 5.41) is 14.0. The predicted octanol–water partition coefficient (Wildman–Crippen LogP) is 21.3. The number of hydrogen-bond donors (Lipinski definition) is 3. The van der Waals surface area contributed by atoms with Gasteiger partial charge >= 0.3 is 7.82 Å². The van der Waals surface area contributed by atoms with Crippen molar-refractivity contribution in [3.05, 3.63) is 97.2 Å². The Labute approximate surface area is 496 Å². The monoisotopic (exact) mass is 1140 g/mol. The number of aliphatic hydroxyl groups excluding tert-OH is 1. The van der Waals surface area contributed by atoms with E-state index in [-0.39, 0.29) is 19.1 Å². The Kier molecular flexibility index (Phi) is 59.0. The number of carbonyl (C=O) groups is 1. The van der Waals surface area contributed by atoms with Crippen LogP contribution in [0.25, 0.3) is 0 Å². The molecule has 3 atom stereocenters. The Morgan fingerprint density at radius 1 is 0.438 bits per heavy atom. The highest BCUT2D eigenvalue weighted by atomic mass is 31.2. The Bertz CT molecular complexity index is 1620. The molecule has 0 spiro atoms. The first-order valence-electron chi connectivity index (χ1n) is 33.6. The summed E-state index contributed by atoms with van der Waals surface area (Å²) in [6.07, 6.45) is 88.3. The average molecular weight is 1140 g/mol. The number of phosphoric ester groups is 1. The lowest BCUT2D eigenvalue weighted by Gasteiger charge is -2.25. The van der Waals surface area contributed by atoms with Gasteiger partial charge in [-0.25, -0.2) is 4.57 Å². The van der Waals surface area contributed by atoms with Crippen LogP contribution in [0, 0.1) is 0 Å². The van der Waals surface area contributed by atoms with E-state index >= 15 is 0 Å². The summed E-state index contributed by atoms with van der Waals surface area (Å²) in [6, 6.07) is -0.877. The van der Waals surface area contributed by atoms with E-state index in [9.17, 15) is 19.4 Å². The molecule has 0 radical (unpaired) electrons. The summed E-state index contributed by atoms with van der Waals surface area (Å²) >= 11 is 0. The third kappa shape index (κ3) is 63.0. The van der Waals surface area contributed by atoms with Crippen molar-refractivity contribution in [3.63, 3.8) is 0 Å². The molecule has 8 nitrogen and oxygen atoms in total. The molecule has 0 fully saturated rings. The molecule has 0 aliphatic carbocycles. The number of unbranched alkanes of at least 4 members (excludes halogenated alkanes) is 34. The van der Waals surface area contributed by atoms with Crippen molar-refractivity contribution in [2.45, 2.75) is 309 Å². The number of nitrogens with one attached hydrogen (secondary N) is 1. The molecule has 0 saturated heterocycles. The van der Waals surface area contributed by atoms with Crippen LogP contribution in [0.5, 0.6) is 0 Å². The van der Waals surface area contributed by atoms with Crippen LogP contribution in [0.4, 0.5) is 0 Å². The highest BCUT2D eigenvalue weighted by Gasteiger charge is 2.28.